The van der Waals surface area contributed by atoms with Crippen molar-refractivity contribution in [3.63, 3.8) is 0 Å². The van der Waals surface area contributed by atoms with Crippen LogP contribution in [0, 0.1) is 6.92 Å². The zero-order valence-electron chi connectivity index (χ0n) is 15.3. The number of hydrogen-bond donors (Lipinski definition) is 1. The third-order valence-corrected chi connectivity index (χ3v) is 5.06. The fraction of sp³-hybridized carbons (Fsp3) is 0.474. The first kappa shape index (κ1) is 20.3. The quantitative estimate of drug-likeness (QED) is 0.806. The average Bonchev–Trinajstić information content (AvgIpc) is 3.14. The van der Waals surface area contributed by atoms with E-state index in [9.17, 15) is 9.59 Å². The van der Waals surface area contributed by atoms with Gasteiger partial charge in [-0.15, -0.1) is 12.4 Å². The van der Waals surface area contributed by atoms with Crippen molar-refractivity contribution >= 4 is 29.3 Å². The molecule has 2 aromatic rings. The minimum absolute atomic E-state index is 0. The normalized spacial score (nSPS) is 16.3. The molecule has 1 N–H and O–H groups in total. The zero-order chi connectivity index (χ0) is 18.0. The van der Waals surface area contributed by atoms with Crippen molar-refractivity contribution in [3.05, 3.63) is 39.7 Å². The minimum Gasteiger partial charge on any atom is -0.497 e. The van der Waals surface area contributed by atoms with Crippen molar-refractivity contribution in [1.82, 2.24) is 10.2 Å². The number of hydrogen-bond acceptors (Lipinski definition) is 5. The molecule has 1 aromatic carbocycles. The highest BCUT2D eigenvalue weighted by molar-refractivity contribution is 5.85. The number of likely N-dealkylation sites (N-methyl/N-ethyl adjacent to an activating group) is 1. The number of methoxy groups -OCH3 is 1. The lowest BCUT2D eigenvalue weighted by atomic mass is 10.0. The molecular formula is C19H25ClN2O4. The molecule has 3 rings (SSSR count). The van der Waals surface area contributed by atoms with Crippen LogP contribution in [0.3, 0.4) is 0 Å². The van der Waals surface area contributed by atoms with Gasteiger partial charge in [0.15, 0.2) is 0 Å². The molecule has 0 aliphatic carbocycles. The molecule has 1 amide bonds. The standard InChI is InChI=1S/C19H24N2O4.ClH/c1-12-15-5-4-14(24-3)10-17(15)25-19(23)16(12)6-7-18(22)21(2)13-8-9-20-11-13;/h4-5,10,13,20H,6-9,11H2,1-3H3;1H. The topological polar surface area (TPSA) is 71.8 Å². The second-order valence-electron chi connectivity index (χ2n) is 6.51. The number of fused-ring (bicyclic) bond motifs is 1. The van der Waals surface area contributed by atoms with Crippen molar-refractivity contribution < 1.29 is 13.9 Å². The summed E-state index contributed by atoms with van der Waals surface area (Å²) in [5.41, 5.74) is 1.57. The van der Waals surface area contributed by atoms with Crippen molar-refractivity contribution in [1.29, 1.82) is 0 Å². The molecular weight excluding hydrogens is 356 g/mol. The molecule has 0 spiro atoms. The van der Waals surface area contributed by atoms with Gasteiger partial charge >= 0.3 is 5.63 Å². The van der Waals surface area contributed by atoms with E-state index in [1.165, 1.54) is 0 Å². The third-order valence-electron chi connectivity index (χ3n) is 5.06. The number of benzene rings is 1. The Morgan fingerprint density at radius 3 is 2.85 bits per heavy atom. The Labute approximate surface area is 158 Å². The number of carbonyl (C=O) groups is 1. The van der Waals surface area contributed by atoms with E-state index in [2.05, 4.69) is 5.32 Å². The summed E-state index contributed by atoms with van der Waals surface area (Å²) < 4.78 is 10.6. The second kappa shape index (κ2) is 8.56. The second-order valence-corrected chi connectivity index (χ2v) is 6.51. The van der Waals surface area contributed by atoms with E-state index >= 15 is 0 Å². The summed E-state index contributed by atoms with van der Waals surface area (Å²) in [5.74, 6) is 0.701. The van der Waals surface area contributed by atoms with Gasteiger partial charge in [0.2, 0.25) is 5.91 Å². The molecule has 1 saturated heterocycles. The third kappa shape index (κ3) is 4.02. The first-order valence-electron chi connectivity index (χ1n) is 8.58. The van der Waals surface area contributed by atoms with E-state index in [0.717, 1.165) is 30.5 Å². The molecule has 0 bridgehead atoms. The van der Waals surface area contributed by atoms with E-state index in [-0.39, 0.29) is 30.0 Å². The predicted molar refractivity (Wildman–Crippen MR) is 103 cm³/mol. The number of halogens is 1. The maximum Gasteiger partial charge on any atom is 0.339 e. The molecule has 2 heterocycles. The Bertz CT molecular complexity index is 843. The highest BCUT2D eigenvalue weighted by atomic mass is 35.5. The summed E-state index contributed by atoms with van der Waals surface area (Å²) in [6, 6.07) is 5.67. The number of nitrogens with one attached hydrogen (secondary N) is 1. The van der Waals surface area contributed by atoms with Crippen LogP contribution in [0.1, 0.15) is 24.0 Å². The Kier molecular flexibility index (Phi) is 6.67. The van der Waals surface area contributed by atoms with Crippen molar-refractivity contribution in [2.75, 3.05) is 27.2 Å². The fourth-order valence-corrected chi connectivity index (χ4v) is 3.37. The highest BCUT2D eigenvalue weighted by Crippen LogP contribution is 2.24. The summed E-state index contributed by atoms with van der Waals surface area (Å²) in [5, 5.41) is 4.13. The average molecular weight is 381 g/mol. The monoisotopic (exact) mass is 380 g/mol. The Balaban J connectivity index is 0.00000243. The van der Waals surface area contributed by atoms with Crippen LogP contribution in [0.5, 0.6) is 5.75 Å². The molecule has 0 saturated carbocycles. The van der Waals surface area contributed by atoms with Gasteiger partial charge < -0.3 is 19.4 Å². The lowest BCUT2D eigenvalue weighted by Gasteiger charge is -2.23. The Hall–Kier alpha value is -2.05. The molecule has 1 aliphatic heterocycles. The Morgan fingerprint density at radius 2 is 2.19 bits per heavy atom. The first-order valence-corrected chi connectivity index (χ1v) is 8.58. The molecule has 1 fully saturated rings. The lowest BCUT2D eigenvalue weighted by molar-refractivity contribution is -0.131. The van der Waals surface area contributed by atoms with Gasteiger partial charge in [0.1, 0.15) is 11.3 Å². The molecule has 1 unspecified atom stereocenters. The van der Waals surface area contributed by atoms with Gasteiger partial charge in [-0.25, -0.2) is 4.79 Å². The van der Waals surface area contributed by atoms with Crippen LogP contribution < -0.4 is 15.7 Å². The van der Waals surface area contributed by atoms with E-state index in [4.69, 9.17) is 9.15 Å². The van der Waals surface area contributed by atoms with Crippen molar-refractivity contribution in [3.8, 4) is 5.75 Å². The summed E-state index contributed by atoms with van der Waals surface area (Å²) in [6.45, 7) is 3.68. The van der Waals surface area contributed by atoms with Gasteiger partial charge in [0, 0.05) is 43.1 Å². The van der Waals surface area contributed by atoms with Gasteiger partial charge in [-0.3, -0.25) is 4.79 Å². The van der Waals surface area contributed by atoms with Gasteiger partial charge in [-0.2, -0.15) is 0 Å². The van der Waals surface area contributed by atoms with E-state index in [0.29, 0.717) is 29.7 Å². The first-order chi connectivity index (χ1) is 12.0. The van der Waals surface area contributed by atoms with Crippen molar-refractivity contribution in [2.45, 2.75) is 32.2 Å². The summed E-state index contributed by atoms with van der Waals surface area (Å²) >= 11 is 0. The van der Waals surface area contributed by atoms with Crippen LogP contribution in [0.4, 0.5) is 0 Å². The molecule has 1 atom stereocenters. The molecule has 6 nitrogen and oxygen atoms in total. The molecule has 26 heavy (non-hydrogen) atoms. The number of aryl methyl sites for hydroxylation is 1. The highest BCUT2D eigenvalue weighted by Gasteiger charge is 2.23. The molecule has 1 aromatic heterocycles. The van der Waals surface area contributed by atoms with Crippen LogP contribution in [0.15, 0.2) is 27.4 Å². The number of ether oxygens (including phenoxy) is 1. The number of nitrogens with zero attached hydrogens (tertiary/aromatic N) is 1. The smallest absolute Gasteiger partial charge is 0.339 e. The van der Waals surface area contributed by atoms with Crippen LogP contribution in [0.25, 0.3) is 11.0 Å². The number of carbonyl (C=O) groups excluding carboxylic acids is 1. The van der Waals surface area contributed by atoms with Crippen LogP contribution >= 0.6 is 12.4 Å². The molecule has 142 valence electrons. The summed E-state index contributed by atoms with van der Waals surface area (Å²) in [4.78, 5) is 26.6. The predicted octanol–water partition coefficient (Wildman–Crippen LogP) is 2.28. The van der Waals surface area contributed by atoms with Crippen molar-refractivity contribution in [2.24, 2.45) is 0 Å². The maximum atomic E-state index is 12.4. The van der Waals surface area contributed by atoms with E-state index in [1.54, 1.807) is 18.1 Å². The lowest BCUT2D eigenvalue weighted by Crippen LogP contribution is -2.38. The number of rotatable bonds is 5. The maximum absolute atomic E-state index is 12.4. The van der Waals surface area contributed by atoms with Gasteiger partial charge in [0.25, 0.3) is 0 Å². The van der Waals surface area contributed by atoms with Gasteiger partial charge in [-0.05, 0) is 44.0 Å². The van der Waals surface area contributed by atoms with Crippen LogP contribution in [-0.2, 0) is 11.2 Å². The van der Waals surface area contributed by atoms with Crippen LogP contribution in [0.2, 0.25) is 0 Å². The van der Waals surface area contributed by atoms with Gasteiger partial charge in [-0.1, -0.05) is 0 Å². The van der Waals surface area contributed by atoms with E-state index < -0.39 is 0 Å². The van der Waals surface area contributed by atoms with Gasteiger partial charge in [0.05, 0.1) is 7.11 Å². The Morgan fingerprint density at radius 1 is 1.42 bits per heavy atom. The summed E-state index contributed by atoms with van der Waals surface area (Å²) in [6.07, 6.45) is 1.67. The fourth-order valence-electron chi connectivity index (χ4n) is 3.37. The minimum atomic E-state index is -0.378. The summed E-state index contributed by atoms with van der Waals surface area (Å²) in [7, 11) is 3.41. The van der Waals surface area contributed by atoms with Crippen LogP contribution in [-0.4, -0.2) is 44.1 Å². The zero-order valence-corrected chi connectivity index (χ0v) is 16.1. The SMILES string of the molecule is COc1ccc2c(C)c(CCC(=O)N(C)C3CCNC3)c(=O)oc2c1.Cl. The molecule has 0 radical (unpaired) electrons. The molecule has 1 aliphatic rings. The van der Waals surface area contributed by atoms with E-state index in [1.807, 2.05) is 26.1 Å². The largest absolute Gasteiger partial charge is 0.497 e. The molecule has 7 heteroatoms. The number of amides is 1.